The van der Waals surface area contributed by atoms with Crippen molar-refractivity contribution in [3.8, 4) is 5.75 Å². The maximum Gasteiger partial charge on any atom is 0.411 e. The minimum atomic E-state index is -4.38. The molecule has 1 rings (SSSR count). The second-order valence-corrected chi connectivity index (χ2v) is 4.44. The lowest BCUT2D eigenvalue weighted by Gasteiger charge is -2.13. The molecule has 0 bridgehead atoms. The lowest BCUT2D eigenvalue weighted by Crippen LogP contribution is -2.43. The predicted octanol–water partition coefficient (Wildman–Crippen LogP) is 0.957. The smallest absolute Gasteiger partial charge is 0.411 e. The zero-order valence-electron chi connectivity index (χ0n) is 11.2. The van der Waals surface area contributed by atoms with Crippen LogP contribution in [-0.4, -0.2) is 43.0 Å². The molecule has 21 heavy (non-hydrogen) atoms. The molecule has 1 atom stereocenters. The van der Waals surface area contributed by atoms with Crippen molar-refractivity contribution in [3.05, 3.63) is 29.8 Å². The number of hydrogen-bond donors (Lipinski definition) is 3. The highest BCUT2D eigenvalue weighted by Crippen LogP contribution is 2.14. The Kier molecular flexibility index (Phi) is 6.44. The monoisotopic (exact) mass is 306 g/mol. The fraction of sp³-hybridized carbons (Fsp3) is 0.462. The van der Waals surface area contributed by atoms with Crippen LogP contribution in [-0.2, 0) is 16.0 Å². The quantitative estimate of drug-likeness (QED) is 0.655. The van der Waals surface area contributed by atoms with Crippen LogP contribution < -0.4 is 11.1 Å². The van der Waals surface area contributed by atoms with Crippen molar-refractivity contribution in [2.24, 2.45) is 5.73 Å². The van der Waals surface area contributed by atoms with Crippen LogP contribution >= 0.6 is 0 Å². The molecular weight excluding hydrogens is 289 g/mol. The fourth-order valence-corrected chi connectivity index (χ4v) is 1.54. The number of rotatable bonds is 7. The van der Waals surface area contributed by atoms with E-state index in [0.717, 1.165) is 5.56 Å². The fourth-order valence-electron chi connectivity index (χ4n) is 1.54. The zero-order valence-corrected chi connectivity index (χ0v) is 11.2. The summed E-state index contributed by atoms with van der Waals surface area (Å²) in [6.45, 7) is -1.63. The zero-order chi connectivity index (χ0) is 15.9. The average Bonchev–Trinajstić information content (AvgIpc) is 2.39. The summed E-state index contributed by atoms with van der Waals surface area (Å²) in [5.74, 6) is -0.364. The molecule has 0 unspecified atom stereocenters. The van der Waals surface area contributed by atoms with Crippen LogP contribution in [0.2, 0.25) is 0 Å². The molecule has 0 spiro atoms. The number of nitrogens with two attached hydrogens (primary N) is 1. The summed E-state index contributed by atoms with van der Waals surface area (Å²) in [5.41, 5.74) is 6.44. The van der Waals surface area contributed by atoms with Crippen LogP contribution in [0.25, 0.3) is 0 Å². The number of hydrogen-bond acceptors (Lipinski definition) is 4. The molecule has 0 fully saturated rings. The van der Waals surface area contributed by atoms with Crippen LogP contribution in [0.15, 0.2) is 24.3 Å². The molecule has 0 saturated carbocycles. The summed E-state index contributed by atoms with van der Waals surface area (Å²) in [6, 6.07) is 5.40. The summed E-state index contributed by atoms with van der Waals surface area (Å²) in [5, 5.41) is 11.5. The van der Waals surface area contributed by atoms with Gasteiger partial charge in [-0.15, -0.1) is 0 Å². The van der Waals surface area contributed by atoms with Gasteiger partial charge in [-0.1, -0.05) is 12.1 Å². The van der Waals surface area contributed by atoms with Crippen LogP contribution in [0, 0.1) is 0 Å². The Morgan fingerprint density at radius 3 is 2.52 bits per heavy atom. The summed E-state index contributed by atoms with van der Waals surface area (Å²) in [4.78, 5) is 11.6. The number of ether oxygens (including phenoxy) is 1. The van der Waals surface area contributed by atoms with E-state index in [1.165, 1.54) is 12.1 Å². The summed E-state index contributed by atoms with van der Waals surface area (Å²) in [6.07, 6.45) is -4.12. The van der Waals surface area contributed by atoms with E-state index in [9.17, 15) is 18.0 Å². The van der Waals surface area contributed by atoms with Crippen molar-refractivity contribution in [1.29, 1.82) is 0 Å². The second kappa shape index (κ2) is 7.84. The number of benzene rings is 1. The number of nitrogens with one attached hydrogen (secondary N) is 1. The number of aromatic hydroxyl groups is 1. The Labute approximate surface area is 119 Å². The highest BCUT2D eigenvalue weighted by Gasteiger charge is 2.27. The molecule has 5 nitrogen and oxygen atoms in total. The minimum Gasteiger partial charge on any atom is -0.508 e. The van der Waals surface area contributed by atoms with Gasteiger partial charge in [0, 0.05) is 6.54 Å². The first-order valence-electron chi connectivity index (χ1n) is 6.23. The number of phenolic OH excluding ortho intramolecular Hbond substituents is 1. The molecule has 0 radical (unpaired) electrons. The molecule has 4 N–H and O–H groups in total. The molecule has 1 amide bonds. The van der Waals surface area contributed by atoms with E-state index in [1.807, 2.05) is 0 Å². The van der Waals surface area contributed by atoms with E-state index in [1.54, 1.807) is 12.1 Å². The van der Waals surface area contributed by atoms with Crippen molar-refractivity contribution in [2.75, 3.05) is 19.8 Å². The van der Waals surface area contributed by atoms with Crippen LogP contribution in [0.5, 0.6) is 5.75 Å². The largest absolute Gasteiger partial charge is 0.508 e. The SMILES string of the molecule is N[C@H](Cc1ccc(O)cc1)C(=O)NCCOCC(F)(F)F. The molecule has 0 aromatic heterocycles. The number of halogens is 3. The number of carbonyl (C=O) groups is 1. The molecule has 8 heteroatoms. The van der Waals surface area contributed by atoms with Gasteiger partial charge in [-0.25, -0.2) is 0 Å². The standard InChI is InChI=1S/C13H17F3N2O3/c14-13(15,16)8-21-6-5-18-12(20)11(17)7-9-1-3-10(19)4-2-9/h1-4,11,19H,5-8,17H2,(H,18,20)/t11-/m1/s1. The highest BCUT2D eigenvalue weighted by atomic mass is 19.4. The minimum absolute atomic E-state index is 0.0435. The maximum absolute atomic E-state index is 11.8. The molecule has 118 valence electrons. The number of carbonyl (C=O) groups excluding carboxylic acids is 1. The van der Waals surface area contributed by atoms with Crippen LogP contribution in [0.1, 0.15) is 5.56 Å². The van der Waals surface area contributed by atoms with Crippen molar-refractivity contribution in [3.63, 3.8) is 0 Å². The molecule has 0 aliphatic carbocycles. The van der Waals surface area contributed by atoms with Gasteiger partial charge in [0.05, 0.1) is 12.6 Å². The Balaban J connectivity index is 2.24. The first-order chi connectivity index (χ1) is 9.78. The topological polar surface area (TPSA) is 84.6 Å². The Bertz CT molecular complexity index is 449. The first kappa shape index (κ1) is 17.3. The highest BCUT2D eigenvalue weighted by molar-refractivity contribution is 5.81. The van der Waals surface area contributed by atoms with Gasteiger partial charge in [0.2, 0.25) is 5.91 Å². The molecule has 0 aliphatic rings. The molecule has 1 aromatic carbocycles. The van der Waals surface area contributed by atoms with Crippen molar-refractivity contribution >= 4 is 5.91 Å². The van der Waals surface area contributed by atoms with E-state index in [4.69, 9.17) is 10.8 Å². The summed E-state index contributed by atoms with van der Waals surface area (Å²) in [7, 11) is 0. The van der Waals surface area contributed by atoms with Gasteiger partial charge in [-0.05, 0) is 24.1 Å². The maximum atomic E-state index is 11.8. The van der Waals surface area contributed by atoms with Crippen molar-refractivity contribution < 1.29 is 27.8 Å². The molecular formula is C13H17F3N2O3. The molecule has 0 aliphatic heterocycles. The van der Waals surface area contributed by atoms with Gasteiger partial charge in [-0.3, -0.25) is 4.79 Å². The average molecular weight is 306 g/mol. The molecule has 0 saturated heterocycles. The van der Waals surface area contributed by atoms with Gasteiger partial charge in [0.15, 0.2) is 0 Å². The van der Waals surface area contributed by atoms with E-state index in [0.29, 0.717) is 0 Å². The Hall–Kier alpha value is -1.80. The summed E-state index contributed by atoms with van der Waals surface area (Å²) < 4.78 is 39.7. The van der Waals surface area contributed by atoms with Gasteiger partial charge < -0.3 is 20.9 Å². The van der Waals surface area contributed by atoms with Crippen molar-refractivity contribution in [2.45, 2.75) is 18.6 Å². The second-order valence-electron chi connectivity index (χ2n) is 4.44. The van der Waals surface area contributed by atoms with E-state index in [2.05, 4.69) is 10.1 Å². The lowest BCUT2D eigenvalue weighted by atomic mass is 10.1. The number of amides is 1. The first-order valence-corrected chi connectivity index (χ1v) is 6.23. The van der Waals surface area contributed by atoms with E-state index >= 15 is 0 Å². The van der Waals surface area contributed by atoms with Crippen molar-refractivity contribution in [1.82, 2.24) is 5.32 Å². The van der Waals surface area contributed by atoms with Gasteiger partial charge >= 0.3 is 6.18 Å². The van der Waals surface area contributed by atoms with Crippen LogP contribution in [0.3, 0.4) is 0 Å². The number of phenols is 1. The van der Waals surface area contributed by atoms with Crippen LogP contribution in [0.4, 0.5) is 13.2 Å². The third kappa shape index (κ3) is 7.52. The lowest BCUT2D eigenvalue weighted by molar-refractivity contribution is -0.173. The normalized spacial score (nSPS) is 13.0. The van der Waals surface area contributed by atoms with E-state index in [-0.39, 0.29) is 25.3 Å². The predicted molar refractivity (Wildman–Crippen MR) is 69.7 cm³/mol. The molecule has 0 heterocycles. The number of alkyl halides is 3. The third-order valence-corrected chi connectivity index (χ3v) is 2.54. The van der Waals surface area contributed by atoms with E-state index < -0.39 is 24.7 Å². The third-order valence-electron chi connectivity index (χ3n) is 2.54. The van der Waals surface area contributed by atoms with Gasteiger partial charge in [-0.2, -0.15) is 13.2 Å². The molecule has 1 aromatic rings. The van der Waals surface area contributed by atoms with Gasteiger partial charge in [0.25, 0.3) is 0 Å². The summed E-state index contributed by atoms with van der Waals surface area (Å²) >= 11 is 0. The Morgan fingerprint density at radius 1 is 1.33 bits per heavy atom. The Morgan fingerprint density at radius 2 is 1.95 bits per heavy atom. The van der Waals surface area contributed by atoms with Gasteiger partial charge in [0.1, 0.15) is 12.4 Å².